The average molecular weight is 267 g/mol. The fourth-order valence-electron chi connectivity index (χ4n) is 2.54. The second-order valence-corrected chi connectivity index (χ2v) is 4.99. The molecule has 2 unspecified atom stereocenters. The zero-order chi connectivity index (χ0) is 12.9. The van der Waals surface area contributed by atoms with Gasteiger partial charge in [-0.1, -0.05) is 11.6 Å². The van der Waals surface area contributed by atoms with Crippen LogP contribution in [-0.2, 0) is 9.59 Å². The number of nitrogens with zero attached hydrogens (tertiary/aromatic N) is 4. The molecule has 0 aliphatic carbocycles. The minimum atomic E-state index is -0.262. The lowest BCUT2D eigenvalue weighted by atomic mass is 10.00. The maximum absolute atomic E-state index is 11.8. The molecule has 2 aliphatic heterocycles. The molecule has 0 N–H and O–H groups in total. The van der Waals surface area contributed by atoms with E-state index in [1.165, 1.54) is 24.3 Å². The molecule has 1 aromatic rings. The fourth-order valence-corrected chi connectivity index (χ4v) is 2.64. The van der Waals surface area contributed by atoms with E-state index in [-0.39, 0.29) is 23.7 Å². The number of carbonyl (C=O) groups excluding carboxylic acids is 2. The number of hydrogen-bond donors (Lipinski definition) is 0. The van der Waals surface area contributed by atoms with E-state index >= 15 is 0 Å². The van der Waals surface area contributed by atoms with Gasteiger partial charge in [0.05, 0.1) is 29.3 Å². The highest BCUT2D eigenvalue weighted by molar-refractivity contribution is 6.30. The summed E-state index contributed by atoms with van der Waals surface area (Å²) < 4.78 is 0. The van der Waals surface area contributed by atoms with Gasteiger partial charge in [0.15, 0.2) is 0 Å². The van der Waals surface area contributed by atoms with E-state index in [1.54, 1.807) is 0 Å². The number of carbonyl (C=O) groups is 2. The van der Waals surface area contributed by atoms with E-state index in [0.717, 1.165) is 0 Å². The summed E-state index contributed by atoms with van der Waals surface area (Å²) in [6.45, 7) is 0.975. The Balaban J connectivity index is 1.83. The van der Waals surface area contributed by atoms with Crippen molar-refractivity contribution in [3.05, 3.63) is 17.4 Å². The van der Waals surface area contributed by atoms with E-state index < -0.39 is 0 Å². The van der Waals surface area contributed by atoms with Crippen LogP contribution in [0, 0.1) is 11.8 Å². The number of imide groups is 1. The summed E-state index contributed by atoms with van der Waals surface area (Å²) in [4.78, 5) is 35.0. The second-order valence-electron chi connectivity index (χ2n) is 4.55. The minimum Gasteiger partial charge on any atom is -0.339 e. The van der Waals surface area contributed by atoms with Crippen LogP contribution in [0.4, 0.5) is 5.95 Å². The van der Waals surface area contributed by atoms with Crippen molar-refractivity contribution in [3.63, 3.8) is 0 Å². The Hall–Kier alpha value is -1.69. The third-order valence-electron chi connectivity index (χ3n) is 3.50. The standard InChI is InChI=1S/C11H11ClN4O2/c1-15-9(17)7-4-16(5-8(7)10(15)18)11-13-2-6(12)3-14-11/h2-3,7-8H,4-5H2,1H3. The molecule has 3 heterocycles. The summed E-state index contributed by atoms with van der Waals surface area (Å²) in [6.07, 6.45) is 3.02. The predicted molar refractivity (Wildman–Crippen MR) is 64.0 cm³/mol. The lowest BCUT2D eigenvalue weighted by molar-refractivity contribution is -0.138. The molecule has 3 rings (SSSR count). The zero-order valence-electron chi connectivity index (χ0n) is 9.71. The summed E-state index contributed by atoms with van der Waals surface area (Å²) in [5, 5.41) is 0.463. The van der Waals surface area contributed by atoms with Crippen molar-refractivity contribution in [1.29, 1.82) is 0 Å². The minimum absolute atomic E-state index is 0.110. The Kier molecular flexibility index (Phi) is 2.48. The molecule has 7 heteroatoms. The van der Waals surface area contributed by atoms with Crippen molar-refractivity contribution in [2.24, 2.45) is 11.8 Å². The SMILES string of the molecule is CN1C(=O)C2CN(c3ncc(Cl)cn3)CC2C1=O. The van der Waals surface area contributed by atoms with Gasteiger partial charge in [0, 0.05) is 20.1 Å². The highest BCUT2D eigenvalue weighted by Crippen LogP contribution is 2.33. The van der Waals surface area contributed by atoms with Crippen molar-refractivity contribution in [2.75, 3.05) is 25.0 Å². The van der Waals surface area contributed by atoms with E-state index in [9.17, 15) is 9.59 Å². The summed E-state index contributed by atoms with van der Waals surface area (Å²) in [7, 11) is 1.53. The molecular formula is C11H11ClN4O2. The monoisotopic (exact) mass is 266 g/mol. The van der Waals surface area contributed by atoms with Crippen molar-refractivity contribution >= 4 is 29.4 Å². The van der Waals surface area contributed by atoms with Gasteiger partial charge in [-0.3, -0.25) is 14.5 Å². The van der Waals surface area contributed by atoms with Gasteiger partial charge in [0.2, 0.25) is 17.8 Å². The molecule has 0 spiro atoms. The molecular weight excluding hydrogens is 256 g/mol. The highest BCUT2D eigenvalue weighted by atomic mass is 35.5. The third kappa shape index (κ3) is 1.56. The van der Waals surface area contributed by atoms with Crippen molar-refractivity contribution < 1.29 is 9.59 Å². The van der Waals surface area contributed by atoms with Crippen molar-refractivity contribution in [2.45, 2.75) is 0 Å². The van der Waals surface area contributed by atoms with Crippen LogP contribution in [0.2, 0.25) is 5.02 Å². The number of likely N-dealkylation sites (tertiary alicyclic amines) is 1. The lowest BCUT2D eigenvalue weighted by Crippen LogP contribution is -2.33. The quantitative estimate of drug-likeness (QED) is 0.679. The molecule has 0 radical (unpaired) electrons. The van der Waals surface area contributed by atoms with Gasteiger partial charge < -0.3 is 4.90 Å². The molecule has 1 aromatic heterocycles. The van der Waals surface area contributed by atoms with Crippen LogP contribution in [0.15, 0.2) is 12.4 Å². The van der Waals surface area contributed by atoms with Crippen molar-refractivity contribution in [3.8, 4) is 0 Å². The van der Waals surface area contributed by atoms with Crippen LogP contribution in [0.3, 0.4) is 0 Å². The summed E-state index contributed by atoms with van der Waals surface area (Å²) in [5.74, 6) is -0.233. The largest absolute Gasteiger partial charge is 0.339 e. The molecule has 0 saturated carbocycles. The molecule has 2 amide bonds. The van der Waals surface area contributed by atoms with Gasteiger partial charge in [-0.2, -0.15) is 0 Å². The molecule has 2 saturated heterocycles. The number of halogens is 1. The molecule has 18 heavy (non-hydrogen) atoms. The first-order valence-electron chi connectivity index (χ1n) is 5.62. The van der Waals surface area contributed by atoms with Crippen LogP contribution in [0.25, 0.3) is 0 Å². The van der Waals surface area contributed by atoms with Gasteiger partial charge in [0.1, 0.15) is 0 Å². The van der Waals surface area contributed by atoms with Crippen LogP contribution >= 0.6 is 11.6 Å². The number of hydrogen-bond acceptors (Lipinski definition) is 5. The van der Waals surface area contributed by atoms with E-state index in [0.29, 0.717) is 24.1 Å². The molecule has 2 fully saturated rings. The molecule has 6 nitrogen and oxygen atoms in total. The molecule has 94 valence electrons. The smallest absolute Gasteiger partial charge is 0.234 e. The zero-order valence-corrected chi connectivity index (χ0v) is 10.5. The second kappa shape index (κ2) is 3.91. The predicted octanol–water partition coefficient (Wildman–Crippen LogP) is 0.181. The van der Waals surface area contributed by atoms with Gasteiger partial charge >= 0.3 is 0 Å². The average Bonchev–Trinajstić information content (AvgIpc) is 2.88. The summed E-state index contributed by atoms with van der Waals surface area (Å²) in [5.41, 5.74) is 0. The number of rotatable bonds is 1. The Bertz CT molecular complexity index is 494. The Labute approximate surface area is 109 Å². The maximum atomic E-state index is 11.8. The van der Waals surface area contributed by atoms with E-state index in [2.05, 4.69) is 9.97 Å². The van der Waals surface area contributed by atoms with Gasteiger partial charge in [-0.05, 0) is 0 Å². The lowest BCUT2D eigenvalue weighted by Gasteiger charge is -2.18. The van der Waals surface area contributed by atoms with Crippen molar-refractivity contribution in [1.82, 2.24) is 14.9 Å². The van der Waals surface area contributed by atoms with Crippen LogP contribution < -0.4 is 4.90 Å². The Morgan fingerprint density at radius 1 is 1.17 bits per heavy atom. The van der Waals surface area contributed by atoms with E-state index in [1.807, 2.05) is 4.90 Å². The molecule has 0 bridgehead atoms. The first-order chi connectivity index (χ1) is 8.58. The summed E-state index contributed by atoms with van der Waals surface area (Å²) >= 11 is 5.72. The fraction of sp³-hybridized carbons (Fsp3) is 0.455. The Morgan fingerprint density at radius 2 is 1.67 bits per heavy atom. The molecule has 2 aliphatic rings. The van der Waals surface area contributed by atoms with Crippen LogP contribution in [-0.4, -0.2) is 46.8 Å². The number of aromatic nitrogens is 2. The molecule has 0 aromatic carbocycles. The first kappa shape index (κ1) is 11.4. The normalized spacial score (nSPS) is 27.0. The van der Waals surface area contributed by atoms with Gasteiger partial charge in [-0.25, -0.2) is 9.97 Å². The van der Waals surface area contributed by atoms with E-state index in [4.69, 9.17) is 11.6 Å². The number of anilines is 1. The van der Waals surface area contributed by atoms with Gasteiger partial charge in [-0.15, -0.1) is 0 Å². The molecule has 2 atom stereocenters. The van der Waals surface area contributed by atoms with Crippen LogP contribution in [0.5, 0.6) is 0 Å². The summed E-state index contributed by atoms with van der Waals surface area (Å²) in [6, 6.07) is 0. The Morgan fingerprint density at radius 3 is 2.17 bits per heavy atom. The highest BCUT2D eigenvalue weighted by Gasteiger charge is 2.51. The number of fused-ring (bicyclic) bond motifs is 1. The number of amides is 2. The third-order valence-corrected chi connectivity index (χ3v) is 3.70. The van der Waals surface area contributed by atoms with Gasteiger partial charge in [0.25, 0.3) is 0 Å². The topological polar surface area (TPSA) is 66.4 Å². The maximum Gasteiger partial charge on any atom is 0.234 e. The van der Waals surface area contributed by atoms with Crippen LogP contribution in [0.1, 0.15) is 0 Å². The first-order valence-corrected chi connectivity index (χ1v) is 5.99.